The van der Waals surface area contributed by atoms with E-state index in [1.807, 2.05) is 30.0 Å². The molecule has 2 N–H and O–H groups in total. The molecule has 2 heterocycles. The van der Waals surface area contributed by atoms with Crippen LogP contribution in [0.25, 0.3) is 0 Å². The van der Waals surface area contributed by atoms with Crippen LogP contribution in [0.3, 0.4) is 0 Å². The van der Waals surface area contributed by atoms with Crippen LogP contribution in [0.4, 0.5) is 0 Å². The molecule has 2 aliphatic rings. The fourth-order valence-corrected chi connectivity index (χ4v) is 4.01. The highest BCUT2D eigenvalue weighted by atomic mass is 32.2. The number of hydrogen-bond donors (Lipinski definition) is 2. The molecule has 1 fully saturated rings. The molecule has 0 saturated carbocycles. The van der Waals surface area contributed by atoms with Crippen molar-refractivity contribution >= 4 is 11.8 Å². The molecule has 2 unspecified atom stereocenters. The first-order valence-electron chi connectivity index (χ1n) is 7.73. The van der Waals surface area contributed by atoms with E-state index < -0.39 is 6.10 Å². The van der Waals surface area contributed by atoms with Crippen LogP contribution in [-0.2, 0) is 0 Å². The lowest BCUT2D eigenvalue weighted by atomic mass is 10.1. The molecular weight excluding hydrogens is 286 g/mol. The summed E-state index contributed by atoms with van der Waals surface area (Å²) in [5.74, 6) is 2.78. The second-order valence-corrected chi connectivity index (χ2v) is 6.97. The van der Waals surface area contributed by atoms with E-state index in [2.05, 4.69) is 5.32 Å². The zero-order valence-corrected chi connectivity index (χ0v) is 13.0. The highest BCUT2D eigenvalue weighted by molar-refractivity contribution is 7.99. The number of hydrogen-bond acceptors (Lipinski definition) is 5. The van der Waals surface area contributed by atoms with Gasteiger partial charge in [0.1, 0.15) is 13.2 Å². The van der Waals surface area contributed by atoms with E-state index in [1.54, 1.807) is 0 Å². The van der Waals surface area contributed by atoms with E-state index in [-0.39, 0.29) is 0 Å². The summed E-state index contributed by atoms with van der Waals surface area (Å²) in [5, 5.41) is 14.4. The zero-order valence-electron chi connectivity index (χ0n) is 12.2. The van der Waals surface area contributed by atoms with E-state index in [4.69, 9.17) is 9.47 Å². The van der Waals surface area contributed by atoms with Crippen LogP contribution < -0.4 is 14.8 Å². The van der Waals surface area contributed by atoms with Gasteiger partial charge in [-0.05, 0) is 36.3 Å². The van der Waals surface area contributed by atoms with Gasteiger partial charge >= 0.3 is 0 Å². The van der Waals surface area contributed by atoms with Crippen LogP contribution in [0.2, 0.25) is 0 Å². The van der Waals surface area contributed by atoms with Crippen molar-refractivity contribution in [2.45, 2.75) is 30.6 Å². The van der Waals surface area contributed by atoms with Crippen LogP contribution in [0.15, 0.2) is 18.2 Å². The molecule has 4 nitrogen and oxygen atoms in total. The molecule has 5 heteroatoms. The van der Waals surface area contributed by atoms with E-state index in [9.17, 15) is 5.11 Å². The lowest BCUT2D eigenvalue weighted by Gasteiger charge is -2.23. The Bertz CT molecular complexity index is 463. The maximum absolute atomic E-state index is 10.3. The van der Waals surface area contributed by atoms with Crippen molar-refractivity contribution in [3.63, 3.8) is 0 Å². The zero-order chi connectivity index (χ0) is 14.5. The summed E-state index contributed by atoms with van der Waals surface area (Å²) < 4.78 is 11.0. The van der Waals surface area contributed by atoms with Crippen molar-refractivity contribution in [3.05, 3.63) is 23.8 Å². The molecule has 0 aromatic heterocycles. The first-order chi connectivity index (χ1) is 10.3. The van der Waals surface area contributed by atoms with Crippen molar-refractivity contribution in [2.24, 2.45) is 0 Å². The van der Waals surface area contributed by atoms with Crippen LogP contribution in [0, 0.1) is 0 Å². The normalized spacial score (nSPS) is 22.8. The minimum atomic E-state index is -0.505. The second kappa shape index (κ2) is 7.38. The summed E-state index contributed by atoms with van der Waals surface area (Å²) in [6, 6.07) is 5.68. The first-order valence-corrected chi connectivity index (χ1v) is 8.78. The number of ether oxygens (including phenoxy) is 2. The number of benzene rings is 1. The van der Waals surface area contributed by atoms with E-state index >= 15 is 0 Å². The van der Waals surface area contributed by atoms with Crippen LogP contribution in [-0.4, -0.2) is 42.4 Å². The third-order valence-electron chi connectivity index (χ3n) is 3.93. The smallest absolute Gasteiger partial charge is 0.161 e. The van der Waals surface area contributed by atoms with Gasteiger partial charge in [0.05, 0.1) is 6.10 Å². The minimum absolute atomic E-state index is 0.505. The summed E-state index contributed by atoms with van der Waals surface area (Å²) in [5.41, 5.74) is 0.878. The largest absolute Gasteiger partial charge is 0.486 e. The molecular formula is C16H23NO3S. The summed E-state index contributed by atoms with van der Waals surface area (Å²) in [6.07, 6.45) is 3.47. The highest BCUT2D eigenvalue weighted by Gasteiger charge is 2.17. The Morgan fingerprint density at radius 2 is 2.10 bits per heavy atom. The van der Waals surface area contributed by atoms with Gasteiger partial charge in [-0.2, -0.15) is 11.8 Å². The van der Waals surface area contributed by atoms with Crippen LogP contribution in [0.1, 0.15) is 30.9 Å². The predicted octanol–water partition coefficient (Wildman–Crippen LogP) is 2.37. The quantitative estimate of drug-likeness (QED) is 0.874. The Morgan fingerprint density at radius 1 is 1.24 bits per heavy atom. The molecule has 0 amide bonds. The van der Waals surface area contributed by atoms with Gasteiger partial charge in [0.15, 0.2) is 11.5 Å². The van der Waals surface area contributed by atoms with Gasteiger partial charge in [-0.15, -0.1) is 0 Å². The third-order valence-corrected chi connectivity index (χ3v) is 5.33. The van der Waals surface area contributed by atoms with Crippen molar-refractivity contribution in [3.8, 4) is 11.5 Å². The Kier molecular flexibility index (Phi) is 5.27. The Balaban J connectivity index is 1.49. The van der Waals surface area contributed by atoms with Gasteiger partial charge in [-0.3, -0.25) is 0 Å². The number of nitrogens with one attached hydrogen (secondary N) is 1. The fraction of sp³-hybridized carbons (Fsp3) is 0.625. The van der Waals surface area contributed by atoms with Gasteiger partial charge in [0, 0.05) is 18.3 Å². The average molecular weight is 309 g/mol. The molecule has 2 atom stereocenters. The Morgan fingerprint density at radius 3 is 2.90 bits per heavy atom. The van der Waals surface area contributed by atoms with E-state index in [0.29, 0.717) is 25.0 Å². The standard InChI is InChI=1S/C16H23NO3S/c18-14(11-17-10-13-3-1-2-8-21-13)12-4-5-15-16(9-12)20-7-6-19-15/h4-5,9,13-14,17-18H,1-3,6-8,10-11H2. The Hall–Kier alpha value is -0.910. The number of rotatable bonds is 5. The molecule has 1 aromatic rings. The highest BCUT2D eigenvalue weighted by Crippen LogP contribution is 2.32. The number of aliphatic hydroxyl groups excluding tert-OH is 1. The Labute approximate surface area is 130 Å². The molecule has 21 heavy (non-hydrogen) atoms. The van der Waals surface area contributed by atoms with Gasteiger partial charge in [0.25, 0.3) is 0 Å². The number of aliphatic hydroxyl groups is 1. The number of fused-ring (bicyclic) bond motifs is 1. The first kappa shape index (κ1) is 15.0. The molecule has 1 saturated heterocycles. The van der Waals surface area contributed by atoms with Gasteiger partial charge in [-0.1, -0.05) is 12.5 Å². The average Bonchev–Trinajstić information content (AvgIpc) is 2.55. The maximum atomic E-state index is 10.3. The fourth-order valence-electron chi connectivity index (χ4n) is 2.73. The van der Waals surface area contributed by atoms with Gasteiger partial charge in [0.2, 0.25) is 0 Å². The van der Waals surface area contributed by atoms with Crippen molar-refractivity contribution in [1.29, 1.82) is 0 Å². The lowest BCUT2D eigenvalue weighted by molar-refractivity contribution is 0.163. The molecule has 2 aliphatic heterocycles. The van der Waals surface area contributed by atoms with E-state index in [0.717, 1.165) is 23.6 Å². The number of thioether (sulfide) groups is 1. The molecule has 0 bridgehead atoms. The molecule has 0 spiro atoms. The van der Waals surface area contributed by atoms with Crippen molar-refractivity contribution in [2.75, 3.05) is 32.1 Å². The van der Waals surface area contributed by atoms with E-state index in [1.165, 1.54) is 25.0 Å². The topological polar surface area (TPSA) is 50.7 Å². The van der Waals surface area contributed by atoms with Crippen molar-refractivity contribution < 1.29 is 14.6 Å². The summed E-state index contributed by atoms with van der Waals surface area (Å²) in [4.78, 5) is 0. The molecule has 0 aliphatic carbocycles. The molecule has 3 rings (SSSR count). The molecule has 1 aromatic carbocycles. The molecule has 116 valence electrons. The monoisotopic (exact) mass is 309 g/mol. The van der Waals surface area contributed by atoms with Crippen molar-refractivity contribution in [1.82, 2.24) is 5.32 Å². The predicted molar refractivity (Wildman–Crippen MR) is 85.4 cm³/mol. The van der Waals surface area contributed by atoms with Crippen LogP contribution in [0.5, 0.6) is 11.5 Å². The van der Waals surface area contributed by atoms with Gasteiger partial charge in [-0.25, -0.2) is 0 Å². The van der Waals surface area contributed by atoms with Crippen LogP contribution >= 0.6 is 11.8 Å². The third kappa shape index (κ3) is 4.05. The van der Waals surface area contributed by atoms with Gasteiger partial charge < -0.3 is 19.9 Å². The SMILES string of the molecule is OC(CNCC1CCCCS1)c1ccc2c(c1)OCCO2. The second-order valence-electron chi connectivity index (χ2n) is 5.57. The summed E-state index contributed by atoms with van der Waals surface area (Å²) in [6.45, 7) is 2.72. The maximum Gasteiger partial charge on any atom is 0.161 e. The summed E-state index contributed by atoms with van der Waals surface area (Å²) >= 11 is 2.05. The minimum Gasteiger partial charge on any atom is -0.486 e. The lowest BCUT2D eigenvalue weighted by Crippen LogP contribution is -2.30. The molecule has 0 radical (unpaired) electrons. The summed E-state index contributed by atoms with van der Waals surface area (Å²) in [7, 11) is 0.